The maximum absolute atomic E-state index is 12.4. The van der Waals surface area contributed by atoms with Gasteiger partial charge in [0.2, 0.25) is 5.91 Å². The summed E-state index contributed by atoms with van der Waals surface area (Å²) in [6, 6.07) is 14.5. The van der Waals surface area contributed by atoms with E-state index in [4.69, 9.17) is 4.74 Å². The van der Waals surface area contributed by atoms with Crippen LogP contribution in [-0.4, -0.2) is 44.0 Å². The van der Waals surface area contributed by atoms with Gasteiger partial charge >= 0.3 is 5.97 Å². The number of esters is 1. The molecule has 1 N–H and O–H groups in total. The number of ether oxygens (including phenoxy) is 1. The predicted molar refractivity (Wildman–Crippen MR) is 119 cm³/mol. The van der Waals surface area contributed by atoms with Crippen molar-refractivity contribution in [2.75, 3.05) is 41.4 Å². The highest BCUT2D eigenvalue weighted by Gasteiger charge is 2.22. The topological polar surface area (TPSA) is 79.0 Å². The Bertz CT molecular complexity index is 952. The minimum Gasteiger partial charge on any atom is -0.452 e. The SMILES string of the molecule is O=C(COC(=O)c1cccc(N2CCCC2=O)c1)Nc1ccc(N2CCCCC2)cc1. The van der Waals surface area contributed by atoms with Gasteiger partial charge in [0, 0.05) is 43.1 Å². The Morgan fingerprint density at radius 3 is 2.39 bits per heavy atom. The first-order chi connectivity index (χ1) is 15.1. The van der Waals surface area contributed by atoms with Gasteiger partial charge in [0.15, 0.2) is 6.61 Å². The van der Waals surface area contributed by atoms with Crippen LogP contribution in [-0.2, 0) is 14.3 Å². The summed E-state index contributed by atoms with van der Waals surface area (Å²) in [7, 11) is 0. The lowest BCUT2D eigenvalue weighted by Crippen LogP contribution is -2.29. The van der Waals surface area contributed by atoms with E-state index in [9.17, 15) is 14.4 Å². The number of anilines is 3. The monoisotopic (exact) mass is 421 g/mol. The van der Waals surface area contributed by atoms with Crippen LogP contribution in [0.4, 0.5) is 17.1 Å². The molecule has 2 saturated heterocycles. The second-order valence-corrected chi connectivity index (χ2v) is 7.92. The smallest absolute Gasteiger partial charge is 0.338 e. The average Bonchev–Trinajstić information content (AvgIpc) is 3.24. The third-order valence-corrected chi connectivity index (χ3v) is 5.67. The maximum Gasteiger partial charge on any atom is 0.338 e. The van der Waals surface area contributed by atoms with E-state index in [1.807, 2.05) is 24.3 Å². The fraction of sp³-hybridized carbons (Fsp3) is 0.375. The molecule has 7 nitrogen and oxygen atoms in total. The summed E-state index contributed by atoms with van der Waals surface area (Å²) in [5, 5.41) is 2.75. The molecule has 0 saturated carbocycles. The standard InChI is InChI=1S/C24H27N3O4/c28-22(25-19-9-11-20(12-10-19)26-13-2-1-3-14-26)17-31-24(30)18-6-4-7-21(16-18)27-15-5-8-23(27)29/h4,6-7,9-12,16H,1-3,5,8,13-15,17H2,(H,25,28). The van der Waals surface area contributed by atoms with Crippen LogP contribution in [0, 0.1) is 0 Å². The summed E-state index contributed by atoms with van der Waals surface area (Å²) in [6.45, 7) is 2.40. The average molecular weight is 421 g/mol. The largest absolute Gasteiger partial charge is 0.452 e. The lowest BCUT2D eigenvalue weighted by Gasteiger charge is -2.28. The summed E-state index contributed by atoms with van der Waals surface area (Å²) in [6.07, 6.45) is 5.03. The van der Waals surface area contributed by atoms with Gasteiger partial charge in [0.05, 0.1) is 5.56 Å². The van der Waals surface area contributed by atoms with Gasteiger partial charge in [-0.25, -0.2) is 4.79 Å². The number of benzene rings is 2. The van der Waals surface area contributed by atoms with Crippen molar-refractivity contribution in [2.24, 2.45) is 0 Å². The van der Waals surface area contributed by atoms with E-state index in [1.54, 1.807) is 29.2 Å². The van der Waals surface area contributed by atoms with Crippen molar-refractivity contribution in [2.45, 2.75) is 32.1 Å². The molecular weight excluding hydrogens is 394 g/mol. The fourth-order valence-electron chi connectivity index (χ4n) is 4.04. The van der Waals surface area contributed by atoms with Crippen molar-refractivity contribution in [3.05, 3.63) is 54.1 Å². The van der Waals surface area contributed by atoms with E-state index in [0.717, 1.165) is 25.2 Å². The quantitative estimate of drug-likeness (QED) is 0.721. The number of nitrogens with zero attached hydrogens (tertiary/aromatic N) is 2. The van der Waals surface area contributed by atoms with E-state index in [2.05, 4.69) is 10.2 Å². The van der Waals surface area contributed by atoms with Crippen molar-refractivity contribution in [1.82, 2.24) is 0 Å². The molecule has 0 radical (unpaired) electrons. The lowest BCUT2D eigenvalue weighted by molar-refractivity contribution is -0.119. The zero-order valence-corrected chi connectivity index (χ0v) is 17.5. The van der Waals surface area contributed by atoms with Gasteiger partial charge in [-0.05, 0) is 68.1 Å². The highest BCUT2D eigenvalue weighted by atomic mass is 16.5. The van der Waals surface area contributed by atoms with Crippen LogP contribution in [0.5, 0.6) is 0 Å². The lowest BCUT2D eigenvalue weighted by atomic mass is 10.1. The molecule has 2 aromatic carbocycles. The van der Waals surface area contributed by atoms with Crippen LogP contribution in [0.15, 0.2) is 48.5 Å². The number of carbonyl (C=O) groups is 3. The van der Waals surface area contributed by atoms with Crippen LogP contribution in [0.1, 0.15) is 42.5 Å². The summed E-state index contributed by atoms with van der Waals surface area (Å²) in [4.78, 5) is 40.5. The first-order valence-electron chi connectivity index (χ1n) is 10.8. The number of amides is 2. The Morgan fingerprint density at radius 2 is 1.68 bits per heavy atom. The molecule has 31 heavy (non-hydrogen) atoms. The molecule has 2 heterocycles. The fourth-order valence-corrected chi connectivity index (χ4v) is 4.04. The maximum atomic E-state index is 12.4. The first-order valence-corrected chi connectivity index (χ1v) is 10.8. The van der Waals surface area contributed by atoms with Crippen LogP contribution < -0.4 is 15.1 Å². The molecule has 7 heteroatoms. The molecule has 2 aromatic rings. The third kappa shape index (κ3) is 5.23. The zero-order chi connectivity index (χ0) is 21.6. The molecular formula is C24H27N3O4. The van der Waals surface area contributed by atoms with Gasteiger partial charge in [0.25, 0.3) is 5.91 Å². The van der Waals surface area contributed by atoms with E-state index in [1.165, 1.54) is 19.3 Å². The van der Waals surface area contributed by atoms with Gasteiger partial charge in [-0.3, -0.25) is 9.59 Å². The number of hydrogen-bond acceptors (Lipinski definition) is 5. The minimum absolute atomic E-state index is 0.0520. The Morgan fingerprint density at radius 1 is 0.903 bits per heavy atom. The van der Waals surface area contributed by atoms with E-state index < -0.39 is 11.9 Å². The molecule has 0 aliphatic carbocycles. The van der Waals surface area contributed by atoms with Crippen LogP contribution >= 0.6 is 0 Å². The summed E-state index contributed by atoms with van der Waals surface area (Å²) in [5.74, 6) is -0.940. The van der Waals surface area contributed by atoms with Gasteiger partial charge in [-0.1, -0.05) is 6.07 Å². The summed E-state index contributed by atoms with van der Waals surface area (Å²) < 4.78 is 5.16. The van der Waals surface area contributed by atoms with Crippen molar-refractivity contribution in [3.8, 4) is 0 Å². The number of nitrogens with one attached hydrogen (secondary N) is 1. The van der Waals surface area contributed by atoms with Crippen molar-refractivity contribution in [1.29, 1.82) is 0 Å². The molecule has 0 bridgehead atoms. The molecule has 2 aliphatic rings. The Labute approximate surface area is 182 Å². The molecule has 0 aromatic heterocycles. The molecule has 162 valence electrons. The Hall–Kier alpha value is -3.35. The first kappa shape index (κ1) is 20.9. The van der Waals surface area contributed by atoms with Gasteiger partial charge in [0.1, 0.15) is 0 Å². The van der Waals surface area contributed by atoms with Gasteiger partial charge in [-0.15, -0.1) is 0 Å². The third-order valence-electron chi connectivity index (χ3n) is 5.67. The van der Waals surface area contributed by atoms with Crippen LogP contribution in [0.3, 0.4) is 0 Å². The second kappa shape index (κ2) is 9.64. The zero-order valence-electron chi connectivity index (χ0n) is 17.5. The number of carbonyl (C=O) groups excluding carboxylic acids is 3. The second-order valence-electron chi connectivity index (χ2n) is 7.92. The molecule has 0 spiro atoms. The molecule has 2 fully saturated rings. The van der Waals surface area contributed by atoms with Gasteiger partial charge < -0.3 is 19.9 Å². The summed E-state index contributed by atoms with van der Waals surface area (Å²) in [5.41, 5.74) is 2.81. The van der Waals surface area contributed by atoms with Crippen molar-refractivity contribution < 1.29 is 19.1 Å². The molecule has 4 rings (SSSR count). The van der Waals surface area contributed by atoms with Crippen LogP contribution in [0.2, 0.25) is 0 Å². The van der Waals surface area contributed by atoms with E-state index in [0.29, 0.717) is 29.9 Å². The van der Waals surface area contributed by atoms with Crippen LogP contribution in [0.25, 0.3) is 0 Å². The molecule has 0 unspecified atom stereocenters. The minimum atomic E-state index is -0.593. The Kier molecular flexibility index (Phi) is 6.50. The molecule has 2 amide bonds. The highest BCUT2D eigenvalue weighted by molar-refractivity contribution is 5.98. The van der Waals surface area contributed by atoms with E-state index >= 15 is 0 Å². The highest BCUT2D eigenvalue weighted by Crippen LogP contribution is 2.23. The normalized spacial score (nSPS) is 16.3. The predicted octanol–water partition coefficient (Wildman–Crippen LogP) is 3.60. The van der Waals surface area contributed by atoms with Gasteiger partial charge in [-0.2, -0.15) is 0 Å². The Balaban J connectivity index is 1.28. The number of hydrogen-bond donors (Lipinski definition) is 1. The molecule has 0 atom stereocenters. The number of rotatable bonds is 6. The summed E-state index contributed by atoms with van der Waals surface area (Å²) >= 11 is 0. The number of piperidine rings is 1. The van der Waals surface area contributed by atoms with Crippen molar-refractivity contribution in [3.63, 3.8) is 0 Å². The molecule has 2 aliphatic heterocycles. The van der Waals surface area contributed by atoms with E-state index in [-0.39, 0.29) is 12.5 Å². The van der Waals surface area contributed by atoms with Crippen molar-refractivity contribution >= 4 is 34.8 Å².